The second-order valence-corrected chi connectivity index (χ2v) is 11.9. The number of anilines is 1. The smallest absolute Gasteiger partial charge is 0.490 e. The maximum atomic E-state index is 13.8. The van der Waals surface area contributed by atoms with Gasteiger partial charge in [-0.25, -0.2) is 17.6 Å². The molecule has 1 aliphatic rings. The molecule has 0 saturated heterocycles. The molecule has 1 unspecified atom stereocenters. The van der Waals surface area contributed by atoms with E-state index in [0.717, 1.165) is 33.6 Å². The third kappa shape index (κ3) is 7.31. The van der Waals surface area contributed by atoms with Gasteiger partial charge in [0, 0.05) is 19.0 Å². The number of carboxylic acid groups (broad SMARTS) is 1. The molecule has 0 fully saturated rings. The lowest BCUT2D eigenvalue weighted by atomic mass is 9.87. The zero-order valence-corrected chi connectivity index (χ0v) is 24.6. The average molecular weight is 653 g/mol. The highest BCUT2D eigenvalue weighted by Gasteiger charge is 2.38. The Balaban J connectivity index is 0.000000566. The van der Waals surface area contributed by atoms with Crippen LogP contribution < -0.4 is 9.46 Å². The number of rotatable bonds is 6. The van der Waals surface area contributed by atoms with Crippen LogP contribution in [-0.2, 0) is 26.0 Å². The normalized spacial score (nSPS) is 14.6. The number of carbonyl (C=O) groups excluding carboxylic acids is 1. The third-order valence-corrected chi connectivity index (χ3v) is 8.64. The Hall–Kier alpha value is -4.57. The lowest BCUT2D eigenvalue weighted by Gasteiger charge is -2.38. The van der Waals surface area contributed by atoms with Crippen molar-refractivity contribution in [3.63, 3.8) is 0 Å². The maximum absolute atomic E-state index is 13.8. The number of nitrogens with zero attached hydrogens (tertiary/aromatic N) is 3. The van der Waals surface area contributed by atoms with Crippen molar-refractivity contribution >= 4 is 38.4 Å². The summed E-state index contributed by atoms with van der Waals surface area (Å²) >= 11 is 1.09. The number of aromatic nitrogens is 2. The van der Waals surface area contributed by atoms with E-state index >= 15 is 0 Å². The van der Waals surface area contributed by atoms with Crippen LogP contribution in [0.3, 0.4) is 0 Å². The van der Waals surface area contributed by atoms with E-state index in [4.69, 9.17) is 14.6 Å². The molecule has 2 N–H and O–H groups in total. The molecule has 16 heteroatoms. The molecule has 10 nitrogen and oxygen atoms in total. The number of ether oxygens (including phenoxy) is 1. The lowest BCUT2D eigenvalue weighted by molar-refractivity contribution is -0.192. The summed E-state index contributed by atoms with van der Waals surface area (Å²) in [7, 11) is -2.31. The molecule has 1 amide bonds. The van der Waals surface area contributed by atoms with Crippen molar-refractivity contribution in [3.05, 3.63) is 88.7 Å². The molecule has 1 aromatic heterocycles. The molecule has 0 aliphatic carbocycles. The Labute approximate surface area is 253 Å². The summed E-state index contributed by atoms with van der Waals surface area (Å²) in [6.07, 6.45) is -4.59. The van der Waals surface area contributed by atoms with Gasteiger partial charge in [-0.1, -0.05) is 41.7 Å². The van der Waals surface area contributed by atoms with Crippen LogP contribution in [0.15, 0.2) is 71.1 Å². The minimum Gasteiger partial charge on any atom is -0.496 e. The zero-order valence-electron chi connectivity index (χ0n) is 23.0. The van der Waals surface area contributed by atoms with Crippen molar-refractivity contribution in [3.8, 4) is 16.9 Å². The average Bonchev–Trinajstić information content (AvgIpc) is 3.48. The quantitative estimate of drug-likeness (QED) is 0.269. The summed E-state index contributed by atoms with van der Waals surface area (Å²) in [5, 5.41) is 14.7. The fraction of sp³-hybridized carbons (Fsp3) is 0.214. The molecule has 232 valence electrons. The summed E-state index contributed by atoms with van der Waals surface area (Å²) in [4.78, 5) is 23.4. The Morgan fingerprint density at radius 2 is 1.75 bits per heavy atom. The molecule has 3 aromatic carbocycles. The van der Waals surface area contributed by atoms with Gasteiger partial charge in [0.25, 0.3) is 10.0 Å². The van der Waals surface area contributed by atoms with Gasteiger partial charge in [-0.05, 0) is 59.0 Å². The number of carboxylic acids is 1. The van der Waals surface area contributed by atoms with Crippen LogP contribution in [0.25, 0.3) is 11.1 Å². The molecule has 0 bridgehead atoms. The molecule has 5 rings (SSSR count). The number of sulfonamides is 1. The van der Waals surface area contributed by atoms with E-state index in [2.05, 4.69) is 14.9 Å². The molecular formula is C28H24F4N4O6S2. The van der Waals surface area contributed by atoms with Crippen molar-refractivity contribution in [2.24, 2.45) is 0 Å². The fourth-order valence-electron chi connectivity index (χ4n) is 4.62. The number of hydrogen-bond donors (Lipinski definition) is 2. The van der Waals surface area contributed by atoms with Gasteiger partial charge < -0.3 is 14.7 Å². The predicted molar refractivity (Wildman–Crippen MR) is 152 cm³/mol. The van der Waals surface area contributed by atoms with E-state index in [1.165, 1.54) is 30.6 Å². The summed E-state index contributed by atoms with van der Waals surface area (Å²) in [5.74, 6) is -2.66. The first kappa shape index (κ1) is 32.3. The van der Waals surface area contributed by atoms with E-state index in [9.17, 15) is 30.8 Å². The number of fused-ring (bicyclic) bond motifs is 1. The fourth-order valence-corrected chi connectivity index (χ4v) is 6.36. The Kier molecular flexibility index (Phi) is 9.53. The van der Waals surface area contributed by atoms with E-state index in [1.807, 2.05) is 24.3 Å². The summed E-state index contributed by atoms with van der Waals surface area (Å²) in [6, 6.07) is 16.3. The number of benzene rings is 3. The van der Waals surface area contributed by atoms with E-state index in [-0.39, 0.29) is 21.8 Å². The van der Waals surface area contributed by atoms with Crippen LogP contribution in [0, 0.1) is 5.82 Å². The molecule has 44 heavy (non-hydrogen) atoms. The molecule has 1 aliphatic heterocycles. The number of alkyl halides is 3. The van der Waals surface area contributed by atoms with Gasteiger partial charge in [0.05, 0.1) is 18.0 Å². The van der Waals surface area contributed by atoms with Gasteiger partial charge in [0.1, 0.15) is 17.1 Å². The minimum absolute atomic E-state index is 0.102. The highest BCUT2D eigenvalue weighted by Crippen LogP contribution is 2.41. The lowest BCUT2D eigenvalue weighted by Crippen LogP contribution is -2.39. The predicted octanol–water partition coefficient (Wildman–Crippen LogP) is 5.28. The van der Waals surface area contributed by atoms with Crippen molar-refractivity contribution < 1.29 is 45.4 Å². The Morgan fingerprint density at radius 3 is 2.34 bits per heavy atom. The number of halogens is 4. The zero-order chi connectivity index (χ0) is 32.2. The minimum atomic E-state index is -5.08. The van der Waals surface area contributed by atoms with Crippen LogP contribution in [0.2, 0.25) is 0 Å². The Bertz CT molecular complexity index is 1780. The molecule has 0 saturated carbocycles. The van der Waals surface area contributed by atoms with Gasteiger partial charge in [0.2, 0.25) is 11.0 Å². The largest absolute Gasteiger partial charge is 0.496 e. The molecule has 0 spiro atoms. The second kappa shape index (κ2) is 13.0. The van der Waals surface area contributed by atoms with Crippen LogP contribution >= 0.6 is 11.3 Å². The highest BCUT2D eigenvalue weighted by atomic mass is 32.2. The summed E-state index contributed by atoms with van der Waals surface area (Å²) in [5.41, 5.74) is 5.30. The molecule has 0 radical (unpaired) electrons. The van der Waals surface area contributed by atoms with E-state index in [0.29, 0.717) is 24.3 Å². The maximum Gasteiger partial charge on any atom is 0.490 e. The van der Waals surface area contributed by atoms with Gasteiger partial charge in [-0.3, -0.25) is 9.52 Å². The van der Waals surface area contributed by atoms with Crippen LogP contribution in [0.1, 0.15) is 29.7 Å². The van der Waals surface area contributed by atoms with Gasteiger partial charge in [-0.15, -0.1) is 10.2 Å². The van der Waals surface area contributed by atoms with Gasteiger partial charge in [-0.2, -0.15) is 13.2 Å². The van der Waals surface area contributed by atoms with Crippen molar-refractivity contribution in [2.45, 2.75) is 30.5 Å². The standard InChI is InChI=1S/C26H23FN4O4S2.C2HF3O2/c1-16(32)31-11-10-19-13-21(37(33,34)30-26-29-28-15-36-26)7-9-22(19)25(31)23-8-6-18(14-24(23)35-2)17-4-3-5-20(27)12-17;3-2(4,5)1(6)7/h3-9,12-15,25H,10-11H2,1-2H3,(H,29,30);(H,6,7). The summed E-state index contributed by atoms with van der Waals surface area (Å²) < 4.78 is 79.5. The number of aliphatic carboxylic acids is 1. The number of carbonyl (C=O) groups is 2. The molecular weight excluding hydrogens is 628 g/mol. The number of nitrogens with one attached hydrogen (secondary N) is 1. The van der Waals surface area contributed by atoms with Crippen LogP contribution in [0.5, 0.6) is 5.75 Å². The summed E-state index contributed by atoms with van der Waals surface area (Å²) in [6.45, 7) is 1.92. The number of methoxy groups -OCH3 is 1. The first-order chi connectivity index (χ1) is 20.7. The van der Waals surface area contributed by atoms with Gasteiger partial charge >= 0.3 is 12.1 Å². The van der Waals surface area contributed by atoms with Crippen molar-refractivity contribution in [2.75, 3.05) is 18.4 Å². The molecule has 2 heterocycles. The second-order valence-electron chi connectivity index (χ2n) is 9.34. The van der Waals surface area contributed by atoms with E-state index in [1.54, 1.807) is 30.2 Å². The van der Waals surface area contributed by atoms with Crippen molar-refractivity contribution in [1.29, 1.82) is 0 Å². The monoisotopic (exact) mass is 652 g/mol. The van der Waals surface area contributed by atoms with Crippen molar-refractivity contribution in [1.82, 2.24) is 15.1 Å². The topological polar surface area (TPSA) is 139 Å². The van der Waals surface area contributed by atoms with Crippen LogP contribution in [0.4, 0.5) is 22.7 Å². The number of amides is 1. The Morgan fingerprint density at radius 1 is 1.07 bits per heavy atom. The van der Waals surface area contributed by atoms with Gasteiger partial charge in [0.15, 0.2) is 0 Å². The first-order valence-electron chi connectivity index (χ1n) is 12.6. The SMILES string of the molecule is COc1cc(-c2cccc(F)c2)ccc1C1c2ccc(S(=O)(=O)Nc3nncs3)cc2CCN1C(C)=O.O=C(O)C(F)(F)F. The third-order valence-electron chi connectivity index (χ3n) is 6.57. The van der Waals surface area contributed by atoms with Crippen LogP contribution in [-0.4, -0.2) is 60.3 Å². The molecule has 1 atom stereocenters. The number of hydrogen-bond acceptors (Lipinski definition) is 8. The van der Waals surface area contributed by atoms with E-state index < -0.39 is 28.2 Å². The first-order valence-corrected chi connectivity index (χ1v) is 15.0. The highest BCUT2D eigenvalue weighted by molar-refractivity contribution is 7.93. The molecule has 4 aromatic rings.